The molecule has 0 aliphatic carbocycles. The summed E-state index contributed by atoms with van der Waals surface area (Å²) < 4.78 is 0. The number of para-hydroxylation sites is 1. The number of non-ortho nitro benzene ring substituents is 1. The van der Waals surface area contributed by atoms with Crippen molar-refractivity contribution in [2.45, 2.75) is 6.92 Å². The number of amides is 1. The lowest BCUT2D eigenvalue weighted by Gasteiger charge is -2.20. The van der Waals surface area contributed by atoms with Gasteiger partial charge in [0.25, 0.3) is 11.6 Å². The third kappa shape index (κ3) is 4.12. The molecule has 3 rings (SSSR count). The molecule has 0 saturated heterocycles. The minimum absolute atomic E-state index is 0.0592. The van der Waals surface area contributed by atoms with Gasteiger partial charge in [-0.15, -0.1) is 0 Å². The van der Waals surface area contributed by atoms with Crippen LogP contribution in [0.1, 0.15) is 21.5 Å². The van der Waals surface area contributed by atoms with Gasteiger partial charge < -0.3 is 0 Å². The highest BCUT2D eigenvalue weighted by Gasteiger charge is 2.20. The zero-order valence-corrected chi connectivity index (χ0v) is 15.6. The van der Waals surface area contributed by atoms with E-state index in [4.69, 9.17) is 4.99 Å². The summed E-state index contributed by atoms with van der Waals surface area (Å²) in [6.45, 7) is 1.96. The van der Waals surface area contributed by atoms with E-state index in [-0.39, 0.29) is 11.6 Å². The van der Waals surface area contributed by atoms with E-state index in [1.54, 1.807) is 7.05 Å². The van der Waals surface area contributed by atoms with Gasteiger partial charge >= 0.3 is 0 Å². The van der Waals surface area contributed by atoms with Gasteiger partial charge in [-0.1, -0.05) is 48.5 Å². The second-order valence-corrected chi connectivity index (χ2v) is 6.26. The molecule has 0 fully saturated rings. The Morgan fingerprint density at radius 2 is 1.50 bits per heavy atom. The highest BCUT2D eigenvalue weighted by atomic mass is 16.6. The van der Waals surface area contributed by atoms with Crippen molar-refractivity contribution in [3.05, 3.63) is 106 Å². The fourth-order valence-electron chi connectivity index (χ4n) is 2.74. The van der Waals surface area contributed by atoms with Gasteiger partial charge in [0.1, 0.15) is 5.84 Å². The maximum absolute atomic E-state index is 13.0. The number of carbonyl (C=O) groups excluding carboxylic acids is 1. The van der Waals surface area contributed by atoms with Gasteiger partial charge in [-0.2, -0.15) is 0 Å². The second-order valence-electron chi connectivity index (χ2n) is 6.26. The Bertz CT molecular complexity index is 1030. The topological polar surface area (TPSA) is 75.8 Å². The van der Waals surface area contributed by atoms with E-state index < -0.39 is 4.92 Å². The van der Waals surface area contributed by atoms with Crippen molar-refractivity contribution in [1.29, 1.82) is 0 Å². The van der Waals surface area contributed by atoms with Crippen molar-refractivity contribution in [3.63, 3.8) is 0 Å². The van der Waals surface area contributed by atoms with Crippen molar-refractivity contribution in [3.8, 4) is 0 Å². The lowest BCUT2D eigenvalue weighted by Crippen LogP contribution is -2.33. The first-order valence-electron chi connectivity index (χ1n) is 8.69. The third-order valence-corrected chi connectivity index (χ3v) is 4.32. The van der Waals surface area contributed by atoms with Crippen LogP contribution < -0.4 is 0 Å². The Morgan fingerprint density at radius 3 is 2.11 bits per heavy atom. The van der Waals surface area contributed by atoms with Crippen molar-refractivity contribution < 1.29 is 9.72 Å². The maximum Gasteiger partial charge on any atom is 0.269 e. The Morgan fingerprint density at radius 1 is 0.893 bits per heavy atom. The molecule has 0 aromatic heterocycles. The molecule has 0 saturated carbocycles. The maximum atomic E-state index is 13.0. The van der Waals surface area contributed by atoms with Gasteiger partial charge in [0, 0.05) is 30.3 Å². The summed E-state index contributed by atoms with van der Waals surface area (Å²) in [7, 11) is 1.65. The summed E-state index contributed by atoms with van der Waals surface area (Å²) in [4.78, 5) is 29.5. The van der Waals surface area contributed by atoms with Crippen LogP contribution in [0.2, 0.25) is 0 Å². The predicted octanol–water partition coefficient (Wildman–Crippen LogP) is 4.75. The molecule has 28 heavy (non-hydrogen) atoms. The summed E-state index contributed by atoms with van der Waals surface area (Å²) in [5, 5.41) is 10.8. The Balaban J connectivity index is 2.01. The number of aryl methyl sites for hydroxylation is 1. The van der Waals surface area contributed by atoms with Crippen LogP contribution >= 0.6 is 0 Å². The second kappa shape index (κ2) is 8.26. The molecule has 0 N–H and O–H groups in total. The van der Waals surface area contributed by atoms with Crippen LogP contribution in [-0.2, 0) is 0 Å². The predicted molar refractivity (Wildman–Crippen MR) is 109 cm³/mol. The molecule has 0 aliphatic heterocycles. The first-order chi connectivity index (χ1) is 13.5. The lowest BCUT2D eigenvalue weighted by molar-refractivity contribution is -0.384. The van der Waals surface area contributed by atoms with E-state index >= 15 is 0 Å². The van der Waals surface area contributed by atoms with Crippen LogP contribution in [0.4, 0.5) is 11.4 Å². The third-order valence-electron chi connectivity index (χ3n) is 4.32. The highest BCUT2D eigenvalue weighted by Crippen LogP contribution is 2.21. The number of hydrogen-bond acceptors (Lipinski definition) is 4. The summed E-state index contributed by atoms with van der Waals surface area (Å²) in [5.74, 6) is 0.198. The standard InChI is InChI=1S/C22H19N3O3/c1-16-8-6-7-11-20(16)23-21(17-9-4-3-5-10-17)24(2)22(26)18-12-14-19(15-13-18)25(27)28/h3-15H,1-2H3. The molecule has 0 bridgehead atoms. The molecule has 0 radical (unpaired) electrons. The minimum atomic E-state index is -0.493. The number of rotatable bonds is 4. The molecule has 0 aliphatic rings. The molecular weight excluding hydrogens is 354 g/mol. The van der Waals surface area contributed by atoms with E-state index in [9.17, 15) is 14.9 Å². The average Bonchev–Trinajstić information content (AvgIpc) is 2.73. The van der Waals surface area contributed by atoms with Crippen LogP contribution in [-0.4, -0.2) is 28.6 Å². The Kier molecular flexibility index (Phi) is 5.60. The first kappa shape index (κ1) is 19.0. The van der Waals surface area contributed by atoms with Crippen LogP contribution in [0.5, 0.6) is 0 Å². The Labute approximate surface area is 162 Å². The van der Waals surface area contributed by atoms with Crippen LogP contribution in [0, 0.1) is 17.0 Å². The van der Waals surface area contributed by atoms with Gasteiger partial charge in [0.2, 0.25) is 0 Å². The average molecular weight is 373 g/mol. The molecule has 140 valence electrons. The fourth-order valence-corrected chi connectivity index (χ4v) is 2.74. The number of nitro benzene ring substituents is 1. The van der Waals surface area contributed by atoms with Crippen molar-refractivity contribution in [1.82, 2.24) is 4.90 Å². The molecule has 0 unspecified atom stereocenters. The fraction of sp³-hybridized carbons (Fsp3) is 0.0909. The minimum Gasteiger partial charge on any atom is -0.295 e. The summed E-state index contributed by atoms with van der Waals surface area (Å²) in [6, 6.07) is 22.7. The normalized spacial score (nSPS) is 11.1. The summed E-state index contributed by atoms with van der Waals surface area (Å²) >= 11 is 0. The van der Waals surface area contributed by atoms with Gasteiger partial charge in [-0.05, 0) is 30.7 Å². The molecule has 6 nitrogen and oxygen atoms in total. The largest absolute Gasteiger partial charge is 0.295 e. The number of nitrogens with zero attached hydrogens (tertiary/aromatic N) is 3. The lowest BCUT2D eigenvalue weighted by atomic mass is 10.1. The molecule has 3 aromatic carbocycles. The number of carbonyl (C=O) groups is 1. The quantitative estimate of drug-likeness (QED) is 0.286. The number of hydrogen-bond donors (Lipinski definition) is 0. The van der Waals surface area contributed by atoms with E-state index in [1.807, 2.05) is 61.5 Å². The van der Waals surface area contributed by atoms with E-state index in [2.05, 4.69) is 0 Å². The first-order valence-corrected chi connectivity index (χ1v) is 8.69. The molecule has 3 aromatic rings. The molecule has 1 amide bonds. The number of nitro groups is 1. The van der Waals surface area contributed by atoms with Crippen molar-refractivity contribution in [2.24, 2.45) is 4.99 Å². The molecule has 0 atom stereocenters. The molecular formula is C22H19N3O3. The van der Waals surface area contributed by atoms with Gasteiger partial charge in [-0.25, -0.2) is 4.99 Å². The SMILES string of the molecule is Cc1ccccc1N=C(c1ccccc1)N(C)C(=O)c1ccc([N+](=O)[O-])cc1. The number of amidine groups is 1. The van der Waals surface area contributed by atoms with E-state index in [1.165, 1.54) is 29.2 Å². The molecule has 0 spiro atoms. The number of benzene rings is 3. The number of aliphatic imine (C=N–C) groups is 1. The Hall–Kier alpha value is -3.80. The molecule has 0 heterocycles. The highest BCUT2D eigenvalue weighted by molar-refractivity contribution is 6.13. The summed E-state index contributed by atoms with van der Waals surface area (Å²) in [5.41, 5.74) is 2.85. The van der Waals surface area contributed by atoms with Gasteiger partial charge in [0.15, 0.2) is 0 Å². The van der Waals surface area contributed by atoms with E-state index in [0.717, 1.165) is 16.8 Å². The van der Waals surface area contributed by atoms with Crippen molar-refractivity contribution in [2.75, 3.05) is 7.05 Å². The zero-order chi connectivity index (χ0) is 20.1. The zero-order valence-electron chi connectivity index (χ0n) is 15.6. The van der Waals surface area contributed by atoms with Gasteiger partial charge in [0.05, 0.1) is 10.6 Å². The molecule has 6 heteroatoms. The van der Waals surface area contributed by atoms with E-state index in [0.29, 0.717) is 11.4 Å². The van der Waals surface area contributed by atoms with Gasteiger partial charge in [-0.3, -0.25) is 19.8 Å². The van der Waals surface area contributed by atoms with Crippen LogP contribution in [0.15, 0.2) is 83.9 Å². The van der Waals surface area contributed by atoms with Crippen LogP contribution in [0.3, 0.4) is 0 Å². The monoisotopic (exact) mass is 373 g/mol. The van der Waals surface area contributed by atoms with Crippen molar-refractivity contribution >= 4 is 23.1 Å². The summed E-state index contributed by atoms with van der Waals surface area (Å²) in [6.07, 6.45) is 0. The smallest absolute Gasteiger partial charge is 0.269 e. The van der Waals surface area contributed by atoms with Crippen LogP contribution in [0.25, 0.3) is 0 Å².